The predicted molar refractivity (Wildman–Crippen MR) is 94.5 cm³/mol. The van der Waals surface area contributed by atoms with Crippen molar-refractivity contribution in [1.29, 1.82) is 5.26 Å². The molecule has 0 saturated heterocycles. The van der Waals surface area contributed by atoms with Crippen molar-refractivity contribution < 1.29 is 24.1 Å². The third-order valence-corrected chi connectivity index (χ3v) is 4.11. The number of Topliss-reactive ketones (excluding diaryl/α,β-unsaturated/α-hetero) is 1. The quantitative estimate of drug-likeness (QED) is 0.184. The van der Waals surface area contributed by atoms with Gasteiger partial charge in [-0.25, -0.2) is 4.79 Å². The van der Waals surface area contributed by atoms with Crippen molar-refractivity contribution >= 4 is 35.1 Å². The Hall–Kier alpha value is -3.71. The fraction of sp³-hybridized carbons (Fsp3) is 0.0588. The summed E-state index contributed by atoms with van der Waals surface area (Å²) in [6.45, 7) is 0. The van der Waals surface area contributed by atoms with E-state index in [4.69, 9.17) is 5.26 Å². The summed E-state index contributed by atoms with van der Waals surface area (Å²) >= 11 is 1.34. The van der Waals surface area contributed by atoms with Crippen molar-refractivity contribution in [3.8, 4) is 6.07 Å². The SMILES string of the molecule is COC(=O)ON=C(C#N)C(=O)c1ccc(Sc2ccc([N+](=O)[O-])cc2)cc1. The summed E-state index contributed by atoms with van der Waals surface area (Å²) in [4.78, 5) is 39.0. The fourth-order valence-corrected chi connectivity index (χ4v) is 2.63. The van der Waals surface area contributed by atoms with Crippen LogP contribution in [0, 0.1) is 21.4 Å². The van der Waals surface area contributed by atoms with Gasteiger partial charge in [0.2, 0.25) is 11.5 Å². The van der Waals surface area contributed by atoms with E-state index in [0.29, 0.717) is 0 Å². The Balaban J connectivity index is 2.09. The molecule has 0 fully saturated rings. The molecule has 0 aliphatic rings. The Morgan fingerprint density at radius 1 is 1.11 bits per heavy atom. The van der Waals surface area contributed by atoms with Crippen LogP contribution < -0.4 is 0 Å². The number of benzene rings is 2. The van der Waals surface area contributed by atoms with E-state index in [9.17, 15) is 19.7 Å². The Labute approximate surface area is 157 Å². The van der Waals surface area contributed by atoms with Crippen molar-refractivity contribution in [1.82, 2.24) is 0 Å². The standard InChI is InChI=1S/C17H11N3O6S/c1-25-17(22)26-19-15(10-18)16(21)11-2-6-13(7-3-11)27-14-8-4-12(5-9-14)20(23)24/h2-9H,1H3. The zero-order valence-corrected chi connectivity index (χ0v) is 14.6. The molecule has 0 bridgehead atoms. The van der Waals surface area contributed by atoms with E-state index < -0.39 is 22.6 Å². The van der Waals surface area contributed by atoms with Crippen molar-refractivity contribution in [2.75, 3.05) is 7.11 Å². The summed E-state index contributed by atoms with van der Waals surface area (Å²) in [5.41, 5.74) is -0.425. The summed E-state index contributed by atoms with van der Waals surface area (Å²) in [6, 6.07) is 13.9. The molecule has 2 rings (SSSR count). The number of oxime groups is 1. The lowest BCUT2D eigenvalue weighted by atomic mass is 10.1. The summed E-state index contributed by atoms with van der Waals surface area (Å²) in [5, 5.41) is 22.8. The van der Waals surface area contributed by atoms with Gasteiger partial charge in [0.25, 0.3) is 5.69 Å². The molecule has 0 aliphatic carbocycles. The van der Waals surface area contributed by atoms with E-state index >= 15 is 0 Å². The van der Waals surface area contributed by atoms with Crippen LogP contribution in [0.1, 0.15) is 10.4 Å². The lowest BCUT2D eigenvalue weighted by Crippen LogP contribution is -2.14. The van der Waals surface area contributed by atoms with Gasteiger partial charge in [-0.2, -0.15) is 5.26 Å². The molecule has 0 heterocycles. The summed E-state index contributed by atoms with van der Waals surface area (Å²) < 4.78 is 4.19. The zero-order chi connectivity index (χ0) is 19.8. The first-order valence-corrected chi connectivity index (χ1v) is 8.06. The number of nitro benzene ring substituents is 1. The Morgan fingerprint density at radius 2 is 1.67 bits per heavy atom. The highest BCUT2D eigenvalue weighted by Gasteiger charge is 2.16. The van der Waals surface area contributed by atoms with Crippen molar-refractivity contribution in [2.24, 2.45) is 5.16 Å². The van der Waals surface area contributed by atoms with Crippen LogP contribution in [0.4, 0.5) is 10.5 Å². The van der Waals surface area contributed by atoms with Crippen LogP contribution in [-0.4, -0.2) is 29.7 Å². The molecule has 0 atom stereocenters. The van der Waals surface area contributed by atoms with Crippen molar-refractivity contribution in [3.05, 3.63) is 64.2 Å². The van der Waals surface area contributed by atoms with Gasteiger partial charge in [0.15, 0.2) is 0 Å². The largest absolute Gasteiger partial charge is 0.534 e. The third-order valence-electron chi connectivity index (χ3n) is 3.10. The lowest BCUT2D eigenvalue weighted by Gasteiger charge is -2.03. The number of ether oxygens (including phenoxy) is 1. The van der Waals surface area contributed by atoms with Crippen LogP contribution in [0.15, 0.2) is 63.5 Å². The number of hydrogen-bond acceptors (Lipinski definition) is 9. The molecule has 2 aromatic rings. The van der Waals surface area contributed by atoms with Gasteiger partial charge in [0.1, 0.15) is 6.07 Å². The Bertz CT molecular complexity index is 933. The van der Waals surface area contributed by atoms with E-state index in [-0.39, 0.29) is 11.3 Å². The smallest absolute Gasteiger partial charge is 0.436 e. The molecule has 0 spiro atoms. The van der Waals surface area contributed by atoms with E-state index in [1.807, 2.05) is 0 Å². The maximum atomic E-state index is 12.2. The molecule has 0 aliphatic heterocycles. The van der Waals surface area contributed by atoms with Gasteiger partial charge in [-0.1, -0.05) is 16.9 Å². The lowest BCUT2D eigenvalue weighted by molar-refractivity contribution is -0.384. The number of nitro groups is 1. The molecule has 0 radical (unpaired) electrons. The molecule has 9 nitrogen and oxygen atoms in total. The number of nitriles is 1. The van der Waals surface area contributed by atoms with Gasteiger partial charge in [-0.3, -0.25) is 19.7 Å². The number of rotatable bonds is 6. The van der Waals surface area contributed by atoms with E-state index in [1.165, 1.54) is 36.0 Å². The number of ketones is 1. The molecule has 10 heteroatoms. The Morgan fingerprint density at radius 3 is 2.15 bits per heavy atom. The molecule has 0 unspecified atom stereocenters. The molecular formula is C17H11N3O6S. The number of carbonyl (C=O) groups excluding carboxylic acids is 2. The maximum absolute atomic E-state index is 12.2. The zero-order valence-electron chi connectivity index (χ0n) is 13.8. The van der Waals surface area contributed by atoms with Gasteiger partial charge < -0.3 is 4.74 Å². The first-order chi connectivity index (χ1) is 12.9. The number of methoxy groups -OCH3 is 1. The van der Waals surface area contributed by atoms with Crippen molar-refractivity contribution in [3.63, 3.8) is 0 Å². The van der Waals surface area contributed by atoms with Gasteiger partial charge in [-0.15, -0.1) is 0 Å². The molecular weight excluding hydrogens is 374 g/mol. The second-order valence-electron chi connectivity index (χ2n) is 4.80. The molecule has 0 aromatic heterocycles. The molecule has 0 N–H and O–H groups in total. The van der Waals surface area contributed by atoms with Crippen molar-refractivity contribution in [2.45, 2.75) is 9.79 Å². The predicted octanol–water partition coefficient (Wildman–Crippen LogP) is 3.59. The topological polar surface area (TPSA) is 132 Å². The summed E-state index contributed by atoms with van der Waals surface area (Å²) in [6.07, 6.45) is -1.15. The minimum atomic E-state index is -1.15. The fourth-order valence-electron chi connectivity index (χ4n) is 1.82. The molecule has 27 heavy (non-hydrogen) atoms. The summed E-state index contributed by atoms with van der Waals surface area (Å²) in [7, 11) is 1.06. The molecule has 0 amide bonds. The maximum Gasteiger partial charge on any atom is 0.534 e. The molecule has 0 saturated carbocycles. The van der Waals surface area contributed by atoms with E-state index in [2.05, 4.69) is 14.7 Å². The van der Waals surface area contributed by atoms with Crippen LogP contribution in [0.2, 0.25) is 0 Å². The van der Waals surface area contributed by atoms with Crippen LogP contribution in [0.25, 0.3) is 0 Å². The van der Waals surface area contributed by atoms with Crippen LogP contribution in [-0.2, 0) is 9.57 Å². The van der Waals surface area contributed by atoms with Gasteiger partial charge in [0, 0.05) is 27.5 Å². The second kappa shape index (κ2) is 9.12. The van der Waals surface area contributed by atoms with Gasteiger partial charge in [-0.05, 0) is 36.4 Å². The highest BCUT2D eigenvalue weighted by atomic mass is 32.2. The van der Waals surface area contributed by atoms with Crippen LogP contribution >= 0.6 is 11.8 Å². The first-order valence-electron chi connectivity index (χ1n) is 7.24. The highest BCUT2D eigenvalue weighted by Crippen LogP contribution is 2.29. The third kappa shape index (κ3) is 5.38. The number of nitrogens with zero attached hydrogens (tertiary/aromatic N) is 3. The summed E-state index contributed by atoms with van der Waals surface area (Å²) in [5.74, 6) is -0.715. The van der Waals surface area contributed by atoms with Crippen LogP contribution in [0.5, 0.6) is 0 Å². The average Bonchev–Trinajstić information content (AvgIpc) is 2.69. The number of hydrogen-bond donors (Lipinski definition) is 0. The first kappa shape index (κ1) is 19.6. The van der Waals surface area contributed by atoms with Crippen LogP contribution in [0.3, 0.4) is 0 Å². The highest BCUT2D eigenvalue weighted by molar-refractivity contribution is 7.99. The average molecular weight is 385 g/mol. The minimum absolute atomic E-state index is 0.00205. The Kier molecular flexibility index (Phi) is 6.62. The van der Waals surface area contributed by atoms with Gasteiger partial charge in [0.05, 0.1) is 12.0 Å². The normalized spacial score (nSPS) is 10.6. The van der Waals surface area contributed by atoms with E-state index in [1.54, 1.807) is 30.3 Å². The molecule has 2 aromatic carbocycles. The second-order valence-corrected chi connectivity index (χ2v) is 5.95. The molecule has 136 valence electrons. The minimum Gasteiger partial charge on any atom is -0.436 e. The number of carbonyl (C=O) groups is 2. The van der Waals surface area contributed by atoms with Gasteiger partial charge >= 0.3 is 6.16 Å². The number of non-ortho nitro benzene ring substituents is 1. The monoisotopic (exact) mass is 385 g/mol. The van der Waals surface area contributed by atoms with E-state index in [0.717, 1.165) is 16.9 Å².